The Hall–Kier alpha value is -1.94. The van der Waals surface area contributed by atoms with Gasteiger partial charge in [0, 0.05) is 35.6 Å². The van der Waals surface area contributed by atoms with Crippen molar-refractivity contribution in [3.05, 3.63) is 64.1 Å². The van der Waals surface area contributed by atoms with Crippen LogP contribution in [0, 0.1) is 16.7 Å². The quantitative estimate of drug-likeness (QED) is 0.512. The van der Waals surface area contributed by atoms with Gasteiger partial charge in [0.05, 0.1) is 0 Å². The number of fused-ring (bicyclic) bond motifs is 4. The first-order valence-electron chi connectivity index (χ1n) is 11.4. The molecule has 3 aliphatic rings. The zero-order valence-electron chi connectivity index (χ0n) is 18.4. The third-order valence-corrected chi connectivity index (χ3v) is 8.24. The Labute approximate surface area is 193 Å². The van der Waals surface area contributed by atoms with Crippen LogP contribution >= 0.6 is 15.9 Å². The number of hydrogen-bond acceptors (Lipinski definition) is 3. The SMILES string of the molecule is CC1(C)CC(=O)C2(Cc3ccc(Br)cc3N3CC[C@H](Cc4ccccc4)C[C@@H]32)C(=O)C1. The van der Waals surface area contributed by atoms with Gasteiger partial charge in [-0.1, -0.05) is 66.2 Å². The van der Waals surface area contributed by atoms with Crippen LogP contribution in [0.2, 0.25) is 0 Å². The van der Waals surface area contributed by atoms with E-state index in [0.717, 1.165) is 35.8 Å². The van der Waals surface area contributed by atoms with E-state index in [9.17, 15) is 9.59 Å². The Morgan fingerprint density at radius 3 is 2.42 bits per heavy atom. The second-order valence-corrected chi connectivity index (χ2v) is 11.5. The predicted molar refractivity (Wildman–Crippen MR) is 127 cm³/mol. The molecule has 2 fully saturated rings. The summed E-state index contributed by atoms with van der Waals surface area (Å²) >= 11 is 3.63. The van der Waals surface area contributed by atoms with Crippen LogP contribution in [0.4, 0.5) is 5.69 Å². The number of nitrogens with zero attached hydrogens (tertiary/aromatic N) is 1. The van der Waals surface area contributed by atoms with Gasteiger partial charge in [-0.15, -0.1) is 0 Å². The van der Waals surface area contributed by atoms with Crippen LogP contribution < -0.4 is 4.90 Å². The lowest BCUT2D eigenvalue weighted by Gasteiger charge is -2.56. The summed E-state index contributed by atoms with van der Waals surface area (Å²) in [7, 11) is 0. The number of carbonyl (C=O) groups excluding carboxylic acids is 2. The summed E-state index contributed by atoms with van der Waals surface area (Å²) in [6.07, 6.45) is 4.56. The number of anilines is 1. The van der Waals surface area contributed by atoms with E-state index in [-0.39, 0.29) is 23.0 Å². The Bertz CT molecular complexity index is 1010. The number of carbonyl (C=O) groups is 2. The number of halogens is 1. The highest BCUT2D eigenvalue weighted by Crippen LogP contribution is 2.53. The minimum Gasteiger partial charge on any atom is -0.367 e. The summed E-state index contributed by atoms with van der Waals surface area (Å²) < 4.78 is 1.05. The molecule has 2 aliphatic heterocycles. The summed E-state index contributed by atoms with van der Waals surface area (Å²) in [5.74, 6) is 0.820. The summed E-state index contributed by atoms with van der Waals surface area (Å²) in [6.45, 7) is 5.01. The van der Waals surface area contributed by atoms with E-state index in [1.165, 1.54) is 11.3 Å². The lowest BCUT2D eigenvalue weighted by atomic mass is 9.55. The van der Waals surface area contributed by atoms with Crippen molar-refractivity contribution in [2.24, 2.45) is 16.7 Å². The van der Waals surface area contributed by atoms with E-state index in [1.807, 2.05) is 6.07 Å². The highest BCUT2D eigenvalue weighted by atomic mass is 79.9. The largest absolute Gasteiger partial charge is 0.367 e. The van der Waals surface area contributed by atoms with Gasteiger partial charge in [0.1, 0.15) is 17.0 Å². The van der Waals surface area contributed by atoms with Gasteiger partial charge in [0.25, 0.3) is 0 Å². The first-order chi connectivity index (χ1) is 14.8. The van der Waals surface area contributed by atoms with Crippen molar-refractivity contribution in [1.29, 1.82) is 0 Å². The maximum absolute atomic E-state index is 13.7. The fourth-order valence-electron chi connectivity index (χ4n) is 6.27. The number of hydrogen-bond donors (Lipinski definition) is 0. The topological polar surface area (TPSA) is 37.4 Å². The van der Waals surface area contributed by atoms with Crippen molar-refractivity contribution in [2.45, 2.75) is 58.4 Å². The molecule has 0 bridgehead atoms. The molecule has 4 heteroatoms. The van der Waals surface area contributed by atoms with E-state index in [4.69, 9.17) is 0 Å². The van der Waals surface area contributed by atoms with Gasteiger partial charge in [-0.25, -0.2) is 0 Å². The van der Waals surface area contributed by atoms with Gasteiger partial charge >= 0.3 is 0 Å². The standard InChI is InChI=1S/C27H30BrNO2/c1-26(2)16-24(30)27(25(31)17-26)15-20-8-9-21(28)14-22(20)29-11-10-19(13-23(27)29)12-18-6-4-3-5-7-18/h3-9,14,19,23H,10-13,15-17H2,1-2H3/t19-,23-/m1/s1. The molecule has 0 radical (unpaired) electrons. The summed E-state index contributed by atoms with van der Waals surface area (Å²) in [5.41, 5.74) is 2.57. The van der Waals surface area contributed by atoms with Crippen LogP contribution in [0.15, 0.2) is 53.0 Å². The number of ketones is 2. The van der Waals surface area contributed by atoms with Crippen LogP contribution in [0.3, 0.4) is 0 Å². The van der Waals surface area contributed by atoms with Gasteiger partial charge < -0.3 is 4.90 Å². The number of rotatable bonds is 2. The lowest BCUT2D eigenvalue weighted by Crippen LogP contribution is -2.65. The van der Waals surface area contributed by atoms with Crippen LogP contribution in [0.1, 0.15) is 50.7 Å². The van der Waals surface area contributed by atoms with Crippen LogP contribution in [-0.4, -0.2) is 24.2 Å². The van der Waals surface area contributed by atoms with E-state index >= 15 is 0 Å². The molecule has 162 valence electrons. The van der Waals surface area contributed by atoms with Gasteiger partial charge in [-0.05, 0) is 60.3 Å². The minimum absolute atomic E-state index is 0.0344. The van der Waals surface area contributed by atoms with Crippen molar-refractivity contribution in [3.63, 3.8) is 0 Å². The van der Waals surface area contributed by atoms with Crippen molar-refractivity contribution < 1.29 is 9.59 Å². The van der Waals surface area contributed by atoms with Crippen molar-refractivity contribution >= 4 is 33.2 Å². The fraction of sp³-hybridized carbons (Fsp3) is 0.481. The van der Waals surface area contributed by atoms with Crippen LogP contribution in [0.25, 0.3) is 0 Å². The third kappa shape index (κ3) is 3.57. The van der Waals surface area contributed by atoms with E-state index < -0.39 is 5.41 Å². The summed E-state index contributed by atoms with van der Waals surface area (Å²) in [6, 6.07) is 16.9. The molecule has 1 saturated carbocycles. The molecule has 2 aromatic rings. The number of Topliss-reactive ketones (excluding diaryl/α,β-unsaturated/α-hetero) is 2. The van der Waals surface area contributed by atoms with Crippen molar-refractivity contribution in [1.82, 2.24) is 0 Å². The molecule has 5 rings (SSSR count). The molecule has 1 saturated heterocycles. The zero-order chi connectivity index (χ0) is 21.8. The van der Waals surface area contributed by atoms with Crippen molar-refractivity contribution in [2.75, 3.05) is 11.4 Å². The Balaban J connectivity index is 1.55. The fourth-order valence-corrected chi connectivity index (χ4v) is 6.62. The molecule has 3 nitrogen and oxygen atoms in total. The Kier molecular flexibility index (Phi) is 5.12. The summed E-state index contributed by atoms with van der Waals surface area (Å²) in [4.78, 5) is 29.9. The Morgan fingerprint density at radius 1 is 1.00 bits per heavy atom. The highest BCUT2D eigenvalue weighted by Gasteiger charge is 2.60. The maximum Gasteiger partial charge on any atom is 0.149 e. The predicted octanol–water partition coefficient (Wildman–Crippen LogP) is 5.78. The first kappa shape index (κ1) is 20.9. The van der Waals surface area contributed by atoms with Gasteiger partial charge in [-0.3, -0.25) is 9.59 Å². The molecule has 0 amide bonds. The first-order valence-corrected chi connectivity index (χ1v) is 12.2. The zero-order valence-corrected chi connectivity index (χ0v) is 20.0. The van der Waals surface area contributed by atoms with Crippen LogP contribution in [0.5, 0.6) is 0 Å². The molecule has 31 heavy (non-hydrogen) atoms. The second-order valence-electron chi connectivity index (χ2n) is 10.6. The third-order valence-electron chi connectivity index (χ3n) is 7.75. The molecular weight excluding hydrogens is 450 g/mol. The lowest BCUT2D eigenvalue weighted by molar-refractivity contribution is -0.151. The van der Waals surface area contributed by atoms with Gasteiger partial charge in [0.15, 0.2) is 0 Å². The highest BCUT2D eigenvalue weighted by molar-refractivity contribution is 9.10. The average molecular weight is 480 g/mol. The molecule has 0 aromatic heterocycles. The normalized spacial score (nSPS) is 26.5. The summed E-state index contributed by atoms with van der Waals surface area (Å²) in [5, 5.41) is 0. The van der Waals surface area contributed by atoms with E-state index in [0.29, 0.717) is 25.2 Å². The molecule has 2 heterocycles. The van der Waals surface area contributed by atoms with E-state index in [1.54, 1.807) is 0 Å². The molecule has 2 aromatic carbocycles. The Morgan fingerprint density at radius 2 is 1.71 bits per heavy atom. The molecule has 0 N–H and O–H groups in total. The molecule has 0 unspecified atom stereocenters. The smallest absolute Gasteiger partial charge is 0.149 e. The number of piperidine rings is 1. The van der Waals surface area contributed by atoms with Crippen molar-refractivity contribution in [3.8, 4) is 0 Å². The molecule has 1 spiro atoms. The number of benzene rings is 2. The molecule has 2 atom stereocenters. The van der Waals surface area contributed by atoms with Gasteiger partial charge in [-0.2, -0.15) is 0 Å². The monoisotopic (exact) mass is 479 g/mol. The van der Waals surface area contributed by atoms with E-state index in [2.05, 4.69) is 77.1 Å². The second kappa shape index (κ2) is 7.58. The minimum atomic E-state index is -0.883. The maximum atomic E-state index is 13.7. The molecular formula is C27H30BrNO2. The average Bonchev–Trinajstić information content (AvgIpc) is 2.72. The van der Waals surface area contributed by atoms with Gasteiger partial charge in [0.2, 0.25) is 0 Å². The van der Waals surface area contributed by atoms with Crippen LogP contribution in [-0.2, 0) is 22.4 Å². The molecule has 1 aliphatic carbocycles.